The predicted octanol–water partition coefficient (Wildman–Crippen LogP) is 6.48. The number of fused-ring (bicyclic) bond motifs is 1. The second kappa shape index (κ2) is 15.3. The number of aliphatic hydroxyl groups is 1. The monoisotopic (exact) mass is 680 g/mol. The van der Waals surface area contributed by atoms with Gasteiger partial charge in [0.05, 0.1) is 32.4 Å². The average Bonchev–Trinajstić information content (AvgIpc) is 3.53. The first-order valence-corrected chi connectivity index (χ1v) is 17.0. The molecule has 6 rings (SSSR count). The van der Waals surface area contributed by atoms with Gasteiger partial charge in [-0.3, -0.25) is 4.79 Å². The van der Waals surface area contributed by atoms with Gasteiger partial charge >= 0.3 is 0 Å². The number of amides is 1. The van der Waals surface area contributed by atoms with Crippen LogP contribution in [0, 0.1) is 5.82 Å². The van der Waals surface area contributed by atoms with E-state index in [0.29, 0.717) is 67.7 Å². The molecule has 4 aromatic carbocycles. The zero-order chi connectivity index (χ0) is 35.3. The summed E-state index contributed by atoms with van der Waals surface area (Å²) in [5.74, 6) is 1.62. The molecule has 10 heteroatoms. The minimum absolute atomic E-state index is 0.0907. The first kappa shape index (κ1) is 34.9. The first-order valence-electron chi connectivity index (χ1n) is 17.0. The van der Waals surface area contributed by atoms with Crippen molar-refractivity contribution >= 4 is 16.9 Å². The Morgan fingerprint density at radius 2 is 1.56 bits per heavy atom. The third-order valence-corrected chi connectivity index (χ3v) is 9.83. The normalized spacial score (nSPS) is 15.1. The molecule has 1 N–H and O–H groups in total. The van der Waals surface area contributed by atoms with Gasteiger partial charge in [-0.15, -0.1) is 0 Å². The number of hydrogen-bond acceptors (Lipinski definition) is 7. The molecule has 1 saturated heterocycles. The van der Waals surface area contributed by atoms with Gasteiger partial charge in [-0.2, -0.15) is 0 Å². The number of hydrogen-bond donors (Lipinski definition) is 1. The first-order chi connectivity index (χ1) is 24.2. The number of piperidine rings is 1. The Balaban J connectivity index is 1.15. The summed E-state index contributed by atoms with van der Waals surface area (Å²) >= 11 is 0. The highest BCUT2D eigenvalue weighted by Crippen LogP contribution is 2.39. The molecule has 1 aliphatic heterocycles. The Morgan fingerprint density at radius 1 is 0.920 bits per heavy atom. The van der Waals surface area contributed by atoms with Crippen LogP contribution in [-0.4, -0.2) is 84.9 Å². The van der Waals surface area contributed by atoms with Crippen molar-refractivity contribution in [3.63, 3.8) is 0 Å². The summed E-state index contributed by atoms with van der Waals surface area (Å²) in [6.45, 7) is 3.23. The maximum absolute atomic E-state index is 13.7. The Bertz CT molecular complexity index is 1880. The predicted molar refractivity (Wildman–Crippen MR) is 192 cm³/mol. The number of carbonyl (C=O) groups excluding carboxylic acids is 1. The van der Waals surface area contributed by atoms with Crippen molar-refractivity contribution < 1.29 is 28.5 Å². The van der Waals surface area contributed by atoms with Gasteiger partial charge in [0.2, 0.25) is 5.75 Å². The summed E-state index contributed by atoms with van der Waals surface area (Å²) in [7, 11) is 6.42. The molecule has 1 fully saturated rings. The number of halogens is 1. The van der Waals surface area contributed by atoms with E-state index in [1.807, 2.05) is 49.5 Å². The molecule has 0 bridgehead atoms. The highest BCUT2D eigenvalue weighted by atomic mass is 19.1. The minimum atomic E-state index is -1.10. The van der Waals surface area contributed by atoms with Crippen LogP contribution in [-0.2, 0) is 12.1 Å². The Hall–Kier alpha value is -4.93. The topological polar surface area (TPSA) is 89.3 Å². The van der Waals surface area contributed by atoms with E-state index < -0.39 is 5.60 Å². The second-order valence-electron chi connectivity index (χ2n) is 13.0. The van der Waals surface area contributed by atoms with Crippen LogP contribution in [0.4, 0.5) is 4.39 Å². The van der Waals surface area contributed by atoms with E-state index in [1.165, 1.54) is 39.0 Å². The van der Waals surface area contributed by atoms with Crippen molar-refractivity contribution in [1.29, 1.82) is 0 Å². The summed E-state index contributed by atoms with van der Waals surface area (Å²) in [6.07, 6.45) is 1.91. The van der Waals surface area contributed by atoms with Crippen LogP contribution in [0.2, 0.25) is 0 Å². The summed E-state index contributed by atoms with van der Waals surface area (Å²) in [5, 5.41) is 12.1. The van der Waals surface area contributed by atoms with Crippen molar-refractivity contribution in [2.24, 2.45) is 0 Å². The molecule has 0 saturated carbocycles. The van der Waals surface area contributed by atoms with Gasteiger partial charge in [-0.05, 0) is 73.3 Å². The molecular weight excluding hydrogens is 635 g/mol. The SMILES string of the molecule is COc1cc(C(=O)N(C)CC(CCN2CCC(O)(c3nc4ccccc4n3Cc3ccc(F)cc3)CC2)c2ccccc2)cc(OC)c1OC. The van der Waals surface area contributed by atoms with Crippen LogP contribution in [0.1, 0.15) is 52.5 Å². The molecule has 0 aliphatic carbocycles. The molecule has 2 heterocycles. The van der Waals surface area contributed by atoms with Gasteiger partial charge in [0.15, 0.2) is 11.5 Å². The van der Waals surface area contributed by atoms with Gasteiger partial charge in [0.25, 0.3) is 5.91 Å². The number of nitrogens with zero attached hydrogens (tertiary/aromatic N) is 4. The second-order valence-corrected chi connectivity index (χ2v) is 13.0. The lowest BCUT2D eigenvalue weighted by molar-refractivity contribution is -0.0353. The molecule has 50 heavy (non-hydrogen) atoms. The van der Waals surface area contributed by atoms with Gasteiger partial charge < -0.3 is 33.7 Å². The van der Waals surface area contributed by atoms with Crippen molar-refractivity contribution in [2.75, 3.05) is 54.6 Å². The average molecular weight is 681 g/mol. The molecular formula is C40H45FN4O5. The molecule has 262 valence electrons. The Kier molecular flexibility index (Phi) is 10.7. The highest BCUT2D eigenvalue weighted by Gasteiger charge is 2.38. The maximum Gasteiger partial charge on any atom is 0.253 e. The smallest absolute Gasteiger partial charge is 0.253 e. The fraction of sp³-hybridized carbons (Fsp3) is 0.350. The highest BCUT2D eigenvalue weighted by molar-refractivity contribution is 5.95. The van der Waals surface area contributed by atoms with Crippen LogP contribution < -0.4 is 14.2 Å². The maximum atomic E-state index is 13.7. The van der Waals surface area contributed by atoms with Gasteiger partial charge in [0, 0.05) is 44.7 Å². The molecule has 1 aromatic heterocycles. The lowest BCUT2D eigenvalue weighted by Gasteiger charge is -2.38. The van der Waals surface area contributed by atoms with Gasteiger partial charge in [0.1, 0.15) is 17.2 Å². The molecule has 1 aliphatic rings. The quantitative estimate of drug-likeness (QED) is 0.152. The fourth-order valence-electron chi connectivity index (χ4n) is 7.00. The summed E-state index contributed by atoms with van der Waals surface area (Å²) in [6, 6.07) is 28.0. The molecule has 9 nitrogen and oxygen atoms in total. The Labute approximate surface area is 292 Å². The van der Waals surface area contributed by atoms with Crippen LogP contribution in [0.5, 0.6) is 17.2 Å². The van der Waals surface area contributed by atoms with Crippen LogP contribution in [0.3, 0.4) is 0 Å². The molecule has 5 aromatic rings. The number of likely N-dealkylation sites (N-methyl/N-ethyl adjacent to an activating group) is 1. The molecule has 0 spiro atoms. The number of carbonyl (C=O) groups is 1. The largest absolute Gasteiger partial charge is 0.493 e. The molecule has 0 radical (unpaired) electrons. The van der Waals surface area contributed by atoms with Crippen molar-refractivity contribution in [1.82, 2.24) is 19.4 Å². The standard InChI is InChI=1S/C40H45FN4O5/c1-43(38(46)31-24-35(48-2)37(50-4)36(25-31)49-3)27-30(29-10-6-5-7-11-29)18-21-44-22-19-40(47,20-23-44)39-42-33-12-8-9-13-34(33)45(39)26-28-14-16-32(41)17-15-28/h5-17,24-25,30,47H,18-23,26-27H2,1-4H3. The Morgan fingerprint density at radius 3 is 2.20 bits per heavy atom. The summed E-state index contributed by atoms with van der Waals surface area (Å²) in [5.41, 5.74) is 3.24. The van der Waals surface area contributed by atoms with E-state index in [-0.39, 0.29) is 17.6 Å². The minimum Gasteiger partial charge on any atom is -0.493 e. The van der Waals surface area contributed by atoms with E-state index in [0.717, 1.165) is 29.6 Å². The number of ether oxygens (including phenoxy) is 3. The van der Waals surface area contributed by atoms with Crippen LogP contribution >= 0.6 is 0 Å². The number of aromatic nitrogens is 2. The molecule has 1 atom stereocenters. The lowest BCUT2D eigenvalue weighted by atomic mass is 9.89. The third-order valence-electron chi connectivity index (χ3n) is 9.83. The number of benzene rings is 4. The number of para-hydroxylation sites is 2. The van der Waals surface area contributed by atoms with Gasteiger partial charge in [-0.1, -0.05) is 54.6 Å². The van der Waals surface area contributed by atoms with E-state index in [4.69, 9.17) is 19.2 Å². The summed E-state index contributed by atoms with van der Waals surface area (Å²) < 4.78 is 32.1. The number of likely N-dealkylation sites (tertiary alicyclic amines) is 1. The zero-order valence-electron chi connectivity index (χ0n) is 29.1. The lowest BCUT2D eigenvalue weighted by Crippen LogP contribution is -2.44. The van der Waals surface area contributed by atoms with Crippen LogP contribution in [0.15, 0.2) is 91.0 Å². The summed E-state index contributed by atoms with van der Waals surface area (Å²) in [4.78, 5) is 22.8. The zero-order valence-corrected chi connectivity index (χ0v) is 29.1. The van der Waals surface area contributed by atoms with E-state index in [2.05, 4.69) is 21.6 Å². The van der Waals surface area contributed by atoms with E-state index >= 15 is 0 Å². The van der Waals surface area contributed by atoms with E-state index in [1.54, 1.807) is 29.2 Å². The third kappa shape index (κ3) is 7.46. The van der Waals surface area contributed by atoms with Crippen LogP contribution in [0.25, 0.3) is 11.0 Å². The van der Waals surface area contributed by atoms with Crippen molar-refractivity contribution in [2.45, 2.75) is 37.3 Å². The fourth-order valence-corrected chi connectivity index (χ4v) is 7.00. The van der Waals surface area contributed by atoms with Gasteiger partial charge in [-0.25, -0.2) is 9.37 Å². The molecule has 1 amide bonds. The number of methoxy groups -OCH3 is 3. The molecule has 1 unspecified atom stereocenters. The number of imidazole rings is 1. The van der Waals surface area contributed by atoms with Crippen molar-refractivity contribution in [3.05, 3.63) is 119 Å². The van der Waals surface area contributed by atoms with Crippen molar-refractivity contribution in [3.8, 4) is 17.2 Å². The number of rotatable bonds is 13. The van der Waals surface area contributed by atoms with E-state index in [9.17, 15) is 14.3 Å².